The van der Waals surface area contributed by atoms with Crippen molar-refractivity contribution in [3.05, 3.63) is 53.6 Å². The molecule has 1 fully saturated rings. The molecule has 3 rings (SSSR count). The average molecular weight is 266 g/mol. The van der Waals surface area contributed by atoms with Crippen molar-refractivity contribution in [2.24, 2.45) is 0 Å². The van der Waals surface area contributed by atoms with Gasteiger partial charge in [-0.1, -0.05) is 18.2 Å². The van der Waals surface area contributed by atoms with Gasteiger partial charge in [0.1, 0.15) is 5.82 Å². The predicted molar refractivity (Wildman–Crippen MR) is 64.7 cm³/mol. The normalized spacial score (nSPS) is 15.7. The van der Waals surface area contributed by atoms with Crippen molar-refractivity contribution in [3.8, 4) is 0 Å². The van der Waals surface area contributed by atoms with E-state index in [1.54, 1.807) is 18.5 Å². The summed E-state index contributed by atoms with van der Waals surface area (Å²) in [7, 11) is 0. The van der Waals surface area contributed by atoms with E-state index >= 15 is 0 Å². The predicted octanol–water partition coefficient (Wildman–Crippen LogP) is 3.83. The second kappa shape index (κ2) is 4.40. The van der Waals surface area contributed by atoms with Crippen LogP contribution in [0.4, 0.5) is 13.2 Å². The Labute approximate surface area is 108 Å². The first-order valence-electron chi connectivity index (χ1n) is 6.22. The molecule has 2 nitrogen and oxygen atoms in total. The monoisotopic (exact) mass is 266 g/mol. The topological polar surface area (TPSA) is 17.8 Å². The van der Waals surface area contributed by atoms with Gasteiger partial charge in [-0.3, -0.25) is 0 Å². The largest absolute Gasteiger partial charge is 0.416 e. The minimum absolute atomic E-state index is 0.224. The fraction of sp³-hybridized carbons (Fsp3) is 0.357. The molecule has 0 radical (unpaired) electrons. The van der Waals surface area contributed by atoms with E-state index in [4.69, 9.17) is 0 Å². The van der Waals surface area contributed by atoms with E-state index in [1.807, 2.05) is 4.57 Å². The van der Waals surface area contributed by atoms with Crippen LogP contribution in [0.5, 0.6) is 0 Å². The van der Waals surface area contributed by atoms with Crippen molar-refractivity contribution in [3.63, 3.8) is 0 Å². The first kappa shape index (κ1) is 12.3. The van der Waals surface area contributed by atoms with Crippen LogP contribution in [0.3, 0.4) is 0 Å². The molecule has 0 amide bonds. The standard InChI is InChI=1S/C14H13F3N2/c15-14(16,17)12-4-2-1-3-11(12)9-19-8-7-18-13(19)10-5-6-10/h1-4,7-8,10H,5-6,9H2. The summed E-state index contributed by atoms with van der Waals surface area (Å²) in [5.74, 6) is 1.32. The summed E-state index contributed by atoms with van der Waals surface area (Å²) in [5, 5.41) is 0. The van der Waals surface area contributed by atoms with Gasteiger partial charge in [-0.05, 0) is 24.5 Å². The van der Waals surface area contributed by atoms with Crippen LogP contribution in [-0.2, 0) is 12.7 Å². The highest BCUT2D eigenvalue weighted by atomic mass is 19.4. The van der Waals surface area contributed by atoms with E-state index in [2.05, 4.69) is 4.98 Å². The molecule has 1 aliphatic rings. The van der Waals surface area contributed by atoms with Crippen LogP contribution in [0.25, 0.3) is 0 Å². The van der Waals surface area contributed by atoms with Gasteiger partial charge in [0.25, 0.3) is 0 Å². The maximum atomic E-state index is 12.9. The third-order valence-electron chi connectivity index (χ3n) is 3.35. The Hall–Kier alpha value is -1.78. The Morgan fingerprint density at radius 2 is 1.95 bits per heavy atom. The Morgan fingerprint density at radius 3 is 2.63 bits per heavy atom. The summed E-state index contributed by atoms with van der Waals surface area (Å²) in [4.78, 5) is 4.25. The smallest absolute Gasteiger partial charge is 0.330 e. The van der Waals surface area contributed by atoms with Gasteiger partial charge in [0, 0.05) is 24.9 Å². The number of imidazole rings is 1. The van der Waals surface area contributed by atoms with Crippen molar-refractivity contribution in [1.82, 2.24) is 9.55 Å². The van der Waals surface area contributed by atoms with Gasteiger partial charge in [-0.2, -0.15) is 13.2 Å². The van der Waals surface area contributed by atoms with Crippen LogP contribution in [-0.4, -0.2) is 9.55 Å². The Balaban J connectivity index is 1.93. The molecule has 1 aliphatic carbocycles. The molecule has 0 bridgehead atoms. The van der Waals surface area contributed by atoms with Gasteiger partial charge in [-0.15, -0.1) is 0 Å². The molecule has 0 unspecified atom stereocenters. The summed E-state index contributed by atoms with van der Waals surface area (Å²) < 4.78 is 40.6. The van der Waals surface area contributed by atoms with Crippen LogP contribution in [0.1, 0.15) is 35.7 Å². The average Bonchev–Trinajstić information content (AvgIpc) is 3.10. The van der Waals surface area contributed by atoms with E-state index in [0.29, 0.717) is 5.92 Å². The van der Waals surface area contributed by atoms with Gasteiger partial charge < -0.3 is 4.57 Å². The summed E-state index contributed by atoms with van der Waals surface area (Å²) in [6.07, 6.45) is 1.26. The molecule has 0 N–H and O–H groups in total. The van der Waals surface area contributed by atoms with Crippen LogP contribution >= 0.6 is 0 Å². The molecule has 1 aromatic heterocycles. The molecule has 19 heavy (non-hydrogen) atoms. The molecule has 1 aromatic carbocycles. The number of benzene rings is 1. The molecule has 0 aliphatic heterocycles. The second-order valence-electron chi connectivity index (χ2n) is 4.84. The van der Waals surface area contributed by atoms with E-state index in [0.717, 1.165) is 24.7 Å². The molecule has 0 saturated heterocycles. The highest BCUT2D eigenvalue weighted by Crippen LogP contribution is 2.39. The first-order valence-corrected chi connectivity index (χ1v) is 6.22. The fourth-order valence-corrected chi connectivity index (χ4v) is 2.27. The van der Waals surface area contributed by atoms with E-state index in [1.165, 1.54) is 12.1 Å². The maximum Gasteiger partial charge on any atom is 0.416 e. The summed E-state index contributed by atoms with van der Waals surface area (Å²) >= 11 is 0. The van der Waals surface area contributed by atoms with E-state index < -0.39 is 11.7 Å². The van der Waals surface area contributed by atoms with Gasteiger partial charge in [0.05, 0.1) is 5.56 Å². The molecular weight excluding hydrogens is 253 g/mol. The molecule has 1 saturated carbocycles. The lowest BCUT2D eigenvalue weighted by Gasteiger charge is -2.14. The van der Waals surface area contributed by atoms with E-state index in [9.17, 15) is 13.2 Å². The Kier molecular flexibility index (Phi) is 2.84. The Bertz CT molecular complexity index is 582. The van der Waals surface area contributed by atoms with Crippen LogP contribution < -0.4 is 0 Å². The highest BCUT2D eigenvalue weighted by molar-refractivity contribution is 5.30. The zero-order valence-electron chi connectivity index (χ0n) is 10.2. The Morgan fingerprint density at radius 1 is 1.21 bits per heavy atom. The van der Waals surface area contributed by atoms with Gasteiger partial charge in [0.15, 0.2) is 0 Å². The van der Waals surface area contributed by atoms with Gasteiger partial charge >= 0.3 is 6.18 Å². The second-order valence-corrected chi connectivity index (χ2v) is 4.84. The molecule has 0 atom stereocenters. The number of hydrogen-bond donors (Lipinski definition) is 0. The summed E-state index contributed by atoms with van der Waals surface area (Å²) in [6, 6.07) is 5.71. The summed E-state index contributed by atoms with van der Waals surface area (Å²) in [6.45, 7) is 0.224. The molecule has 5 heteroatoms. The number of aromatic nitrogens is 2. The van der Waals surface area contributed by atoms with Crippen molar-refractivity contribution < 1.29 is 13.2 Å². The quantitative estimate of drug-likeness (QED) is 0.825. The third-order valence-corrected chi connectivity index (χ3v) is 3.35. The zero-order valence-corrected chi connectivity index (χ0v) is 10.2. The maximum absolute atomic E-state index is 12.9. The van der Waals surface area contributed by atoms with Crippen LogP contribution in [0, 0.1) is 0 Å². The number of rotatable bonds is 3. The van der Waals surface area contributed by atoms with E-state index in [-0.39, 0.29) is 12.1 Å². The molecule has 1 heterocycles. The SMILES string of the molecule is FC(F)(F)c1ccccc1Cn1ccnc1C1CC1. The number of hydrogen-bond acceptors (Lipinski definition) is 1. The van der Waals surface area contributed by atoms with Gasteiger partial charge in [-0.25, -0.2) is 4.98 Å². The number of halogens is 3. The molecule has 2 aromatic rings. The lowest BCUT2D eigenvalue weighted by atomic mass is 10.1. The van der Waals surface area contributed by atoms with Crippen molar-refractivity contribution in [2.75, 3.05) is 0 Å². The summed E-state index contributed by atoms with van der Waals surface area (Å²) in [5.41, 5.74) is -0.277. The number of alkyl halides is 3. The van der Waals surface area contributed by atoms with Crippen molar-refractivity contribution in [1.29, 1.82) is 0 Å². The number of nitrogens with zero attached hydrogens (tertiary/aromatic N) is 2. The third kappa shape index (κ3) is 2.50. The molecular formula is C14H13F3N2. The van der Waals surface area contributed by atoms with Crippen LogP contribution in [0.2, 0.25) is 0 Å². The fourth-order valence-electron chi connectivity index (χ4n) is 2.27. The minimum atomic E-state index is -4.31. The first-order chi connectivity index (χ1) is 9.05. The van der Waals surface area contributed by atoms with Crippen molar-refractivity contribution >= 4 is 0 Å². The highest BCUT2D eigenvalue weighted by Gasteiger charge is 2.33. The molecule has 0 spiro atoms. The van der Waals surface area contributed by atoms with Gasteiger partial charge in [0.2, 0.25) is 0 Å². The lowest BCUT2D eigenvalue weighted by Crippen LogP contribution is -2.12. The minimum Gasteiger partial charge on any atom is -0.330 e. The lowest BCUT2D eigenvalue weighted by molar-refractivity contribution is -0.138. The zero-order chi connectivity index (χ0) is 13.5. The van der Waals surface area contributed by atoms with Crippen molar-refractivity contribution in [2.45, 2.75) is 31.5 Å². The molecule has 100 valence electrons. The van der Waals surface area contributed by atoms with Crippen LogP contribution in [0.15, 0.2) is 36.7 Å².